The molecule has 1 aromatic carbocycles. The van der Waals surface area contributed by atoms with Gasteiger partial charge in [-0.15, -0.1) is 0 Å². The monoisotopic (exact) mass is 188 g/mol. The van der Waals surface area contributed by atoms with Crippen molar-refractivity contribution in [1.29, 1.82) is 0 Å². The van der Waals surface area contributed by atoms with E-state index in [4.69, 9.17) is 11.5 Å². The van der Waals surface area contributed by atoms with Gasteiger partial charge in [-0.3, -0.25) is 0 Å². The molecule has 0 aliphatic carbocycles. The quantitative estimate of drug-likeness (QED) is 0.703. The van der Waals surface area contributed by atoms with E-state index in [1.54, 1.807) is 6.07 Å². The molecule has 1 rings (SSSR count). The Balaban J connectivity index is 2.98. The minimum absolute atomic E-state index is 0.0394. The Morgan fingerprint density at radius 2 is 2.08 bits per heavy atom. The molecule has 13 heavy (non-hydrogen) atoms. The predicted octanol–water partition coefficient (Wildman–Crippen LogP) is 1.33. The van der Waals surface area contributed by atoms with Gasteiger partial charge in [0, 0.05) is 17.8 Å². The fraction of sp³-hybridized carbons (Fsp3) is 0.250. The van der Waals surface area contributed by atoms with Crippen molar-refractivity contribution in [2.75, 3.05) is 5.73 Å². The molecule has 0 unspecified atom stereocenters. The van der Waals surface area contributed by atoms with E-state index in [1.807, 2.05) is 0 Å². The van der Waals surface area contributed by atoms with Crippen molar-refractivity contribution < 1.29 is 13.5 Å². The number of hydrogen-bond acceptors (Lipinski definition) is 3. The molecule has 0 amide bonds. The maximum atomic E-state index is 11.9. The Morgan fingerprint density at radius 3 is 2.62 bits per heavy atom. The third-order valence-corrected chi connectivity index (χ3v) is 1.59. The topological polar surface area (TPSA) is 61.3 Å². The summed E-state index contributed by atoms with van der Waals surface area (Å²) in [4.78, 5) is 0. The molecule has 0 radical (unpaired) electrons. The molecule has 0 aromatic heterocycles. The molecular formula is C8H10F2N2O. The van der Waals surface area contributed by atoms with Gasteiger partial charge in [-0.25, -0.2) is 0 Å². The largest absolute Gasteiger partial charge is 0.434 e. The fourth-order valence-electron chi connectivity index (χ4n) is 1.01. The number of anilines is 1. The Bertz CT molecular complexity index is 291. The van der Waals surface area contributed by atoms with Gasteiger partial charge in [0.25, 0.3) is 0 Å². The Morgan fingerprint density at radius 1 is 1.38 bits per heavy atom. The van der Waals surface area contributed by atoms with Crippen LogP contribution in [0.15, 0.2) is 18.2 Å². The molecule has 0 saturated heterocycles. The second kappa shape index (κ2) is 4.04. The first-order chi connectivity index (χ1) is 6.15. The van der Waals surface area contributed by atoms with Crippen LogP contribution in [-0.2, 0) is 6.54 Å². The highest BCUT2D eigenvalue weighted by Crippen LogP contribution is 2.24. The number of nitrogens with two attached hydrogens (primary N) is 2. The lowest BCUT2D eigenvalue weighted by Crippen LogP contribution is -2.08. The van der Waals surface area contributed by atoms with Gasteiger partial charge >= 0.3 is 6.61 Å². The molecular weight excluding hydrogens is 178 g/mol. The first-order valence-electron chi connectivity index (χ1n) is 3.67. The third-order valence-electron chi connectivity index (χ3n) is 1.59. The van der Waals surface area contributed by atoms with Crippen LogP contribution in [-0.4, -0.2) is 6.61 Å². The lowest BCUT2D eigenvalue weighted by Gasteiger charge is -2.10. The van der Waals surface area contributed by atoms with Crippen LogP contribution in [0.3, 0.4) is 0 Å². The van der Waals surface area contributed by atoms with Gasteiger partial charge in [0.05, 0.1) is 0 Å². The van der Waals surface area contributed by atoms with Crippen molar-refractivity contribution in [3.05, 3.63) is 23.8 Å². The van der Waals surface area contributed by atoms with Crippen LogP contribution < -0.4 is 16.2 Å². The number of ether oxygens (including phenoxy) is 1. The van der Waals surface area contributed by atoms with E-state index < -0.39 is 6.61 Å². The number of nitrogen functional groups attached to an aromatic ring is 1. The molecule has 72 valence electrons. The maximum absolute atomic E-state index is 11.9. The lowest BCUT2D eigenvalue weighted by molar-refractivity contribution is -0.0503. The molecule has 4 N–H and O–H groups in total. The smallest absolute Gasteiger partial charge is 0.387 e. The highest BCUT2D eigenvalue weighted by molar-refractivity contribution is 5.54. The predicted molar refractivity (Wildman–Crippen MR) is 45.4 cm³/mol. The van der Waals surface area contributed by atoms with E-state index in [-0.39, 0.29) is 12.3 Å². The summed E-state index contributed by atoms with van der Waals surface area (Å²) in [6.45, 7) is -2.78. The second-order valence-electron chi connectivity index (χ2n) is 2.41. The number of alkyl halides is 2. The van der Waals surface area contributed by atoms with Gasteiger partial charge in [-0.05, 0) is 12.1 Å². The third kappa shape index (κ3) is 2.29. The molecule has 0 spiro atoms. The van der Waals surface area contributed by atoms with Crippen LogP contribution in [0.4, 0.5) is 14.5 Å². The highest BCUT2D eigenvalue weighted by Gasteiger charge is 2.10. The van der Waals surface area contributed by atoms with Gasteiger partial charge in [0.15, 0.2) is 0 Å². The molecule has 0 aliphatic rings. The van der Waals surface area contributed by atoms with Crippen molar-refractivity contribution in [3.8, 4) is 5.75 Å². The first kappa shape index (κ1) is 9.73. The van der Waals surface area contributed by atoms with Crippen LogP contribution in [0, 0.1) is 0 Å². The SMILES string of the molecule is NCc1c(N)cccc1OC(F)F. The average molecular weight is 188 g/mol. The van der Waals surface area contributed by atoms with E-state index in [1.165, 1.54) is 12.1 Å². The molecule has 3 nitrogen and oxygen atoms in total. The lowest BCUT2D eigenvalue weighted by atomic mass is 10.1. The van der Waals surface area contributed by atoms with Crippen molar-refractivity contribution >= 4 is 5.69 Å². The van der Waals surface area contributed by atoms with Crippen molar-refractivity contribution in [2.24, 2.45) is 5.73 Å². The maximum Gasteiger partial charge on any atom is 0.387 e. The Labute approximate surface area is 74.3 Å². The minimum Gasteiger partial charge on any atom is -0.434 e. The molecule has 0 saturated carbocycles. The van der Waals surface area contributed by atoms with Gasteiger partial charge < -0.3 is 16.2 Å². The summed E-state index contributed by atoms with van der Waals surface area (Å²) in [6.07, 6.45) is 0. The van der Waals surface area contributed by atoms with Gasteiger partial charge in [0.1, 0.15) is 5.75 Å². The zero-order valence-electron chi connectivity index (χ0n) is 6.84. The molecule has 0 fully saturated rings. The minimum atomic E-state index is -2.85. The van der Waals surface area contributed by atoms with E-state index in [0.29, 0.717) is 11.3 Å². The number of benzene rings is 1. The first-order valence-corrected chi connectivity index (χ1v) is 3.67. The Kier molecular flexibility index (Phi) is 3.02. The van der Waals surface area contributed by atoms with Crippen LogP contribution in [0.5, 0.6) is 5.75 Å². The Hall–Kier alpha value is -1.36. The van der Waals surface area contributed by atoms with E-state index in [9.17, 15) is 8.78 Å². The molecule has 0 heterocycles. The van der Waals surface area contributed by atoms with Gasteiger partial charge in [0.2, 0.25) is 0 Å². The zero-order valence-corrected chi connectivity index (χ0v) is 6.84. The van der Waals surface area contributed by atoms with E-state index in [2.05, 4.69) is 4.74 Å². The molecule has 5 heteroatoms. The van der Waals surface area contributed by atoms with Gasteiger partial charge in [-0.2, -0.15) is 8.78 Å². The summed E-state index contributed by atoms with van der Waals surface area (Å²) in [5.74, 6) is 0.0394. The molecule has 0 atom stereocenters. The summed E-state index contributed by atoms with van der Waals surface area (Å²) in [7, 11) is 0. The van der Waals surface area contributed by atoms with Crippen molar-refractivity contribution in [3.63, 3.8) is 0 Å². The van der Waals surface area contributed by atoms with E-state index >= 15 is 0 Å². The summed E-state index contributed by atoms with van der Waals surface area (Å²) < 4.78 is 28.0. The van der Waals surface area contributed by atoms with Crippen molar-refractivity contribution in [2.45, 2.75) is 13.2 Å². The second-order valence-corrected chi connectivity index (χ2v) is 2.41. The zero-order chi connectivity index (χ0) is 9.84. The number of rotatable bonds is 3. The van der Waals surface area contributed by atoms with Crippen LogP contribution in [0.25, 0.3) is 0 Å². The van der Waals surface area contributed by atoms with Crippen LogP contribution >= 0.6 is 0 Å². The van der Waals surface area contributed by atoms with E-state index in [0.717, 1.165) is 0 Å². The van der Waals surface area contributed by atoms with Crippen molar-refractivity contribution in [1.82, 2.24) is 0 Å². The fourth-order valence-corrected chi connectivity index (χ4v) is 1.01. The summed E-state index contributed by atoms with van der Waals surface area (Å²) >= 11 is 0. The normalized spacial score (nSPS) is 10.5. The van der Waals surface area contributed by atoms with Crippen LogP contribution in [0.1, 0.15) is 5.56 Å². The highest BCUT2D eigenvalue weighted by atomic mass is 19.3. The molecule has 0 bridgehead atoms. The van der Waals surface area contributed by atoms with Crippen LogP contribution in [0.2, 0.25) is 0 Å². The van der Waals surface area contributed by atoms with Gasteiger partial charge in [-0.1, -0.05) is 6.07 Å². The average Bonchev–Trinajstić information content (AvgIpc) is 2.03. The summed E-state index contributed by atoms with van der Waals surface area (Å²) in [5, 5.41) is 0. The number of halogens is 2. The standard InChI is InChI=1S/C8H10F2N2O/c9-8(10)13-7-3-1-2-6(12)5(7)4-11/h1-3,8H,4,11-12H2. The molecule has 0 aliphatic heterocycles. The summed E-state index contributed by atoms with van der Waals surface area (Å²) in [6, 6.07) is 4.53. The number of hydrogen-bond donors (Lipinski definition) is 2. The summed E-state index contributed by atoms with van der Waals surface area (Å²) in [5.41, 5.74) is 11.6. The molecule has 1 aromatic rings.